The zero-order chi connectivity index (χ0) is 26.2. The molecule has 8 nitrogen and oxygen atoms in total. The van der Waals surface area contributed by atoms with Crippen molar-refractivity contribution in [3.05, 3.63) is 90.4 Å². The van der Waals surface area contributed by atoms with E-state index in [4.69, 9.17) is 16.3 Å². The standard InChI is InChI=1S/C29H23ClN6O2/c1-3-23(37)34-19-9-7-17(8-10-19)27-25-21-12-11-20(38-24-6-4-5-22(30)35-24)15-18(21)13-14-31-28-26(25)29(36(27)2)33-16-32-28/h3-12,15-16H,1,13-14H2,2H3,(H,34,37)(H,31,32,33). The normalized spacial score (nSPS) is 12.2. The Balaban J connectivity index is 1.50. The van der Waals surface area contributed by atoms with E-state index in [9.17, 15) is 4.79 Å². The summed E-state index contributed by atoms with van der Waals surface area (Å²) < 4.78 is 8.11. The van der Waals surface area contributed by atoms with Gasteiger partial charge < -0.3 is 19.9 Å². The maximum absolute atomic E-state index is 11.7. The van der Waals surface area contributed by atoms with Crippen LogP contribution in [0.25, 0.3) is 33.4 Å². The molecule has 0 atom stereocenters. The number of nitrogens with one attached hydrogen (secondary N) is 2. The highest BCUT2D eigenvalue weighted by Gasteiger charge is 2.26. The van der Waals surface area contributed by atoms with Crippen LogP contribution in [0.3, 0.4) is 0 Å². The number of aromatic nitrogens is 4. The van der Waals surface area contributed by atoms with Gasteiger partial charge in [0.15, 0.2) is 0 Å². The second-order valence-corrected chi connectivity index (χ2v) is 9.26. The van der Waals surface area contributed by atoms with Crippen LogP contribution >= 0.6 is 11.6 Å². The molecule has 5 aromatic rings. The van der Waals surface area contributed by atoms with Crippen LogP contribution in [0.15, 0.2) is 79.6 Å². The number of hydrogen-bond donors (Lipinski definition) is 2. The van der Waals surface area contributed by atoms with Gasteiger partial charge in [0.1, 0.15) is 28.7 Å². The largest absolute Gasteiger partial charge is 0.439 e. The van der Waals surface area contributed by atoms with Crippen LogP contribution in [-0.2, 0) is 18.3 Å². The predicted molar refractivity (Wildman–Crippen MR) is 150 cm³/mol. The molecule has 0 saturated heterocycles. The maximum Gasteiger partial charge on any atom is 0.247 e. The Morgan fingerprint density at radius 1 is 1.16 bits per heavy atom. The number of pyridine rings is 1. The summed E-state index contributed by atoms with van der Waals surface area (Å²) in [5, 5.41) is 7.62. The van der Waals surface area contributed by atoms with Gasteiger partial charge in [0.05, 0.1) is 11.1 Å². The van der Waals surface area contributed by atoms with Crippen LogP contribution in [0.4, 0.5) is 11.5 Å². The molecular formula is C29H23ClN6O2. The predicted octanol–water partition coefficient (Wildman–Crippen LogP) is 6.24. The van der Waals surface area contributed by atoms with Crippen molar-refractivity contribution in [2.45, 2.75) is 6.42 Å². The fourth-order valence-electron chi connectivity index (χ4n) is 4.86. The highest BCUT2D eigenvalue weighted by molar-refractivity contribution is 6.29. The number of carbonyl (C=O) groups excluding carboxylic acids is 1. The van der Waals surface area contributed by atoms with Crippen LogP contribution in [0.2, 0.25) is 5.15 Å². The van der Waals surface area contributed by atoms with Crippen molar-refractivity contribution in [2.24, 2.45) is 7.05 Å². The average molecular weight is 523 g/mol. The molecule has 38 heavy (non-hydrogen) atoms. The lowest BCUT2D eigenvalue weighted by atomic mass is 9.92. The number of benzene rings is 2. The first kappa shape index (κ1) is 23.7. The summed E-state index contributed by atoms with van der Waals surface area (Å²) >= 11 is 6.04. The van der Waals surface area contributed by atoms with E-state index in [-0.39, 0.29) is 5.91 Å². The molecule has 0 aliphatic carbocycles. The van der Waals surface area contributed by atoms with Crippen molar-refractivity contribution in [3.8, 4) is 34.0 Å². The first-order valence-electron chi connectivity index (χ1n) is 12.1. The molecule has 4 heterocycles. The molecule has 0 bridgehead atoms. The van der Waals surface area contributed by atoms with Gasteiger partial charge in [-0.2, -0.15) is 0 Å². The van der Waals surface area contributed by atoms with Crippen molar-refractivity contribution in [1.29, 1.82) is 0 Å². The summed E-state index contributed by atoms with van der Waals surface area (Å²) in [5.41, 5.74) is 6.74. The summed E-state index contributed by atoms with van der Waals surface area (Å²) in [5.74, 6) is 1.66. The number of nitrogens with zero attached hydrogens (tertiary/aromatic N) is 4. The van der Waals surface area contributed by atoms with Gasteiger partial charge in [-0.15, -0.1) is 0 Å². The molecule has 0 radical (unpaired) electrons. The quantitative estimate of drug-likeness (QED) is 0.210. The molecule has 2 aromatic carbocycles. The van der Waals surface area contributed by atoms with Gasteiger partial charge in [-0.05, 0) is 59.5 Å². The van der Waals surface area contributed by atoms with Crippen LogP contribution in [0.1, 0.15) is 5.56 Å². The van der Waals surface area contributed by atoms with Crippen LogP contribution < -0.4 is 15.4 Å². The monoisotopic (exact) mass is 522 g/mol. The SMILES string of the molecule is C=CC(=O)Nc1ccc(-c2c3c4c(ncnc4n2C)NCCc2cc(Oc4cccc(Cl)n4)ccc2-3)cc1. The number of rotatable bonds is 5. The number of aryl methyl sites for hydroxylation is 1. The molecule has 0 fully saturated rings. The molecular weight excluding hydrogens is 500 g/mol. The van der Waals surface area contributed by atoms with Gasteiger partial charge in [-0.1, -0.05) is 42.4 Å². The molecule has 188 valence electrons. The molecule has 1 aliphatic heterocycles. The van der Waals surface area contributed by atoms with Gasteiger partial charge in [-0.25, -0.2) is 15.0 Å². The zero-order valence-electron chi connectivity index (χ0n) is 20.5. The van der Waals surface area contributed by atoms with E-state index in [1.165, 1.54) is 6.08 Å². The minimum atomic E-state index is -0.254. The third-order valence-electron chi connectivity index (χ3n) is 6.52. The number of hydrogen-bond acceptors (Lipinski definition) is 6. The number of amides is 1. The second kappa shape index (κ2) is 9.64. The fourth-order valence-corrected chi connectivity index (χ4v) is 5.01. The maximum atomic E-state index is 11.7. The number of fused-ring (bicyclic) bond motifs is 2. The lowest BCUT2D eigenvalue weighted by Crippen LogP contribution is -2.10. The van der Waals surface area contributed by atoms with Crippen molar-refractivity contribution in [3.63, 3.8) is 0 Å². The van der Waals surface area contributed by atoms with Gasteiger partial charge in [0, 0.05) is 30.9 Å². The smallest absolute Gasteiger partial charge is 0.247 e. The number of anilines is 2. The van der Waals surface area contributed by atoms with E-state index in [1.807, 2.05) is 43.4 Å². The molecule has 0 saturated carbocycles. The highest BCUT2D eigenvalue weighted by atomic mass is 35.5. The van der Waals surface area contributed by atoms with Gasteiger partial charge in [0.25, 0.3) is 0 Å². The summed E-state index contributed by atoms with van der Waals surface area (Å²) in [6.07, 6.45) is 3.60. The van der Waals surface area contributed by atoms with E-state index in [0.29, 0.717) is 29.0 Å². The highest BCUT2D eigenvalue weighted by Crippen LogP contribution is 2.45. The van der Waals surface area contributed by atoms with E-state index >= 15 is 0 Å². The average Bonchev–Trinajstić information content (AvgIpc) is 3.21. The van der Waals surface area contributed by atoms with Crippen LogP contribution in [0, 0.1) is 0 Å². The van der Waals surface area contributed by atoms with Crippen molar-refractivity contribution >= 4 is 40.0 Å². The topological polar surface area (TPSA) is 94.0 Å². The Bertz CT molecular complexity index is 1710. The molecule has 9 heteroatoms. The Labute approximate surface area is 224 Å². The second-order valence-electron chi connectivity index (χ2n) is 8.87. The number of carbonyl (C=O) groups is 1. The molecule has 1 amide bonds. The lowest BCUT2D eigenvalue weighted by Gasteiger charge is -2.18. The fraction of sp³-hybridized carbons (Fsp3) is 0.103. The first-order chi connectivity index (χ1) is 18.5. The zero-order valence-corrected chi connectivity index (χ0v) is 21.3. The Hall–Kier alpha value is -4.69. The van der Waals surface area contributed by atoms with Gasteiger partial charge in [0.2, 0.25) is 11.8 Å². The van der Waals surface area contributed by atoms with E-state index < -0.39 is 0 Å². The molecule has 0 spiro atoms. The molecule has 0 unspecified atom stereocenters. The summed E-state index contributed by atoms with van der Waals surface area (Å²) in [4.78, 5) is 25.2. The van der Waals surface area contributed by atoms with Crippen LogP contribution in [0.5, 0.6) is 11.6 Å². The van der Waals surface area contributed by atoms with E-state index in [2.05, 4.69) is 42.8 Å². The van der Waals surface area contributed by atoms with Crippen molar-refractivity contribution in [2.75, 3.05) is 17.2 Å². The van der Waals surface area contributed by atoms with Gasteiger partial charge >= 0.3 is 0 Å². The summed E-state index contributed by atoms with van der Waals surface area (Å²) in [7, 11) is 2.01. The van der Waals surface area contributed by atoms with Crippen molar-refractivity contribution < 1.29 is 9.53 Å². The molecule has 1 aliphatic rings. The number of halogens is 1. The summed E-state index contributed by atoms with van der Waals surface area (Å²) in [6.45, 7) is 4.22. The van der Waals surface area contributed by atoms with Crippen molar-refractivity contribution in [1.82, 2.24) is 19.5 Å². The van der Waals surface area contributed by atoms with E-state index in [0.717, 1.165) is 51.2 Å². The lowest BCUT2D eigenvalue weighted by molar-refractivity contribution is -0.111. The Morgan fingerprint density at radius 2 is 2.00 bits per heavy atom. The first-order valence-corrected chi connectivity index (χ1v) is 12.4. The molecule has 2 N–H and O–H groups in total. The molecule has 6 rings (SSSR count). The molecule has 3 aromatic heterocycles. The Kier molecular flexibility index (Phi) is 6.01. The minimum absolute atomic E-state index is 0.254. The third-order valence-corrected chi connectivity index (χ3v) is 6.73. The number of ether oxygens (including phenoxy) is 1. The van der Waals surface area contributed by atoms with E-state index in [1.54, 1.807) is 24.5 Å². The van der Waals surface area contributed by atoms with Gasteiger partial charge in [-0.3, -0.25) is 4.79 Å². The summed E-state index contributed by atoms with van der Waals surface area (Å²) in [6, 6.07) is 19.1. The van der Waals surface area contributed by atoms with Crippen LogP contribution in [-0.4, -0.2) is 32.0 Å². The third kappa shape index (κ3) is 4.25. The minimum Gasteiger partial charge on any atom is -0.439 e. The Morgan fingerprint density at radius 3 is 2.79 bits per heavy atom.